The standard InChI is InChI=1S/C15H19N5O4/c1-8(21)24-11-4-5-23-13(11)20-12-10(6-17-14(16)18-12)19(15(20)22)7-9-2-3-9/h6,9,11,13H,2-5,7H2,1H3,(H2,16,17,18). The molecular formula is C15H19N5O4. The maximum absolute atomic E-state index is 13.0. The third-order valence-corrected chi connectivity index (χ3v) is 4.44. The van der Waals surface area contributed by atoms with Gasteiger partial charge < -0.3 is 15.2 Å². The van der Waals surface area contributed by atoms with Crippen LogP contribution in [0.3, 0.4) is 0 Å². The molecule has 9 nitrogen and oxygen atoms in total. The van der Waals surface area contributed by atoms with Gasteiger partial charge >= 0.3 is 11.7 Å². The van der Waals surface area contributed by atoms with Crippen LogP contribution < -0.4 is 11.4 Å². The number of nitrogen functional groups attached to an aromatic ring is 1. The fourth-order valence-corrected chi connectivity index (χ4v) is 3.16. The van der Waals surface area contributed by atoms with Gasteiger partial charge in [-0.05, 0) is 18.8 Å². The van der Waals surface area contributed by atoms with Crippen LogP contribution in [0, 0.1) is 5.92 Å². The first-order valence-electron chi connectivity index (χ1n) is 8.06. The Hall–Kier alpha value is -2.42. The van der Waals surface area contributed by atoms with Gasteiger partial charge in [-0.25, -0.2) is 14.3 Å². The number of ether oxygens (including phenoxy) is 2. The Balaban J connectivity index is 1.84. The highest BCUT2D eigenvalue weighted by Crippen LogP contribution is 2.32. The lowest BCUT2D eigenvalue weighted by molar-refractivity contribution is -0.151. The van der Waals surface area contributed by atoms with Crippen LogP contribution in [0.1, 0.15) is 32.4 Å². The molecule has 0 aromatic carbocycles. The number of fused-ring (bicyclic) bond motifs is 1. The molecule has 0 radical (unpaired) electrons. The van der Waals surface area contributed by atoms with Gasteiger partial charge in [0.15, 0.2) is 11.9 Å². The van der Waals surface area contributed by atoms with E-state index < -0.39 is 18.3 Å². The van der Waals surface area contributed by atoms with E-state index in [1.807, 2.05) is 0 Å². The van der Waals surface area contributed by atoms with Crippen molar-refractivity contribution in [3.63, 3.8) is 0 Å². The molecule has 0 spiro atoms. The second-order valence-corrected chi connectivity index (χ2v) is 6.34. The quantitative estimate of drug-likeness (QED) is 0.807. The summed E-state index contributed by atoms with van der Waals surface area (Å²) in [7, 11) is 0. The van der Waals surface area contributed by atoms with Gasteiger partial charge in [-0.15, -0.1) is 0 Å². The van der Waals surface area contributed by atoms with Crippen molar-refractivity contribution in [1.29, 1.82) is 0 Å². The van der Waals surface area contributed by atoms with E-state index in [4.69, 9.17) is 15.2 Å². The molecule has 2 aromatic rings. The molecule has 2 N–H and O–H groups in total. The highest BCUT2D eigenvalue weighted by molar-refractivity contribution is 5.72. The summed E-state index contributed by atoms with van der Waals surface area (Å²) >= 11 is 0. The summed E-state index contributed by atoms with van der Waals surface area (Å²) in [6.45, 7) is 2.38. The Bertz CT molecular complexity index is 853. The van der Waals surface area contributed by atoms with Gasteiger partial charge in [-0.2, -0.15) is 4.98 Å². The van der Waals surface area contributed by atoms with Gasteiger partial charge in [-0.1, -0.05) is 0 Å². The Morgan fingerprint density at radius 3 is 2.96 bits per heavy atom. The lowest BCUT2D eigenvalue weighted by Gasteiger charge is -2.19. The minimum Gasteiger partial charge on any atom is -0.458 e. The van der Waals surface area contributed by atoms with Gasteiger partial charge in [0.05, 0.1) is 12.8 Å². The van der Waals surface area contributed by atoms with Crippen molar-refractivity contribution >= 4 is 23.1 Å². The van der Waals surface area contributed by atoms with Crippen LogP contribution in [0.5, 0.6) is 0 Å². The molecule has 0 amide bonds. The third-order valence-electron chi connectivity index (χ3n) is 4.44. The first kappa shape index (κ1) is 15.1. The van der Waals surface area contributed by atoms with Crippen molar-refractivity contribution in [1.82, 2.24) is 19.1 Å². The van der Waals surface area contributed by atoms with Gasteiger partial charge in [0.2, 0.25) is 5.95 Å². The molecule has 1 saturated heterocycles. The lowest BCUT2D eigenvalue weighted by Crippen LogP contribution is -2.33. The smallest absolute Gasteiger partial charge is 0.332 e. The van der Waals surface area contributed by atoms with E-state index in [0.717, 1.165) is 12.8 Å². The van der Waals surface area contributed by atoms with Crippen molar-refractivity contribution in [2.24, 2.45) is 5.92 Å². The van der Waals surface area contributed by atoms with Gasteiger partial charge in [0.1, 0.15) is 11.6 Å². The van der Waals surface area contributed by atoms with E-state index in [9.17, 15) is 9.59 Å². The number of carbonyl (C=O) groups excluding carboxylic acids is 1. The van der Waals surface area contributed by atoms with Crippen LogP contribution in [0.4, 0.5) is 5.95 Å². The molecule has 4 rings (SSSR count). The number of hydrogen-bond acceptors (Lipinski definition) is 7. The summed E-state index contributed by atoms with van der Waals surface area (Å²) < 4.78 is 14.1. The molecule has 2 aromatic heterocycles. The molecular weight excluding hydrogens is 314 g/mol. The van der Waals surface area contributed by atoms with E-state index in [1.165, 1.54) is 11.5 Å². The van der Waals surface area contributed by atoms with E-state index in [1.54, 1.807) is 10.8 Å². The van der Waals surface area contributed by atoms with Gasteiger partial charge in [0.25, 0.3) is 0 Å². The lowest BCUT2D eigenvalue weighted by atomic mass is 10.2. The van der Waals surface area contributed by atoms with Crippen molar-refractivity contribution in [3.05, 3.63) is 16.7 Å². The van der Waals surface area contributed by atoms with Crippen LogP contribution in [-0.2, 0) is 20.8 Å². The topological polar surface area (TPSA) is 114 Å². The first-order chi connectivity index (χ1) is 11.5. The first-order valence-corrected chi connectivity index (χ1v) is 8.06. The van der Waals surface area contributed by atoms with Crippen molar-refractivity contribution in [2.45, 2.75) is 45.1 Å². The summed E-state index contributed by atoms with van der Waals surface area (Å²) in [5.74, 6) is 0.189. The Kier molecular flexibility index (Phi) is 3.52. The average Bonchev–Trinajstić information content (AvgIpc) is 3.18. The number of nitrogens with zero attached hydrogens (tertiary/aromatic N) is 4. The molecule has 1 aliphatic carbocycles. The van der Waals surface area contributed by atoms with E-state index >= 15 is 0 Å². The SMILES string of the molecule is CC(=O)OC1CCOC1n1c(=O)n(CC2CC2)c2cnc(N)nc21. The fourth-order valence-electron chi connectivity index (χ4n) is 3.16. The summed E-state index contributed by atoms with van der Waals surface area (Å²) in [4.78, 5) is 32.5. The largest absolute Gasteiger partial charge is 0.458 e. The van der Waals surface area contributed by atoms with Gasteiger partial charge in [0, 0.05) is 19.9 Å². The number of anilines is 1. The van der Waals surface area contributed by atoms with E-state index in [-0.39, 0.29) is 11.6 Å². The van der Waals surface area contributed by atoms with Gasteiger partial charge in [-0.3, -0.25) is 9.36 Å². The molecule has 0 bridgehead atoms. The molecule has 2 atom stereocenters. The number of rotatable bonds is 4. The second-order valence-electron chi connectivity index (χ2n) is 6.34. The number of aromatic nitrogens is 4. The summed E-state index contributed by atoms with van der Waals surface area (Å²) in [6, 6.07) is 0. The van der Waals surface area contributed by atoms with E-state index in [0.29, 0.717) is 36.7 Å². The zero-order chi connectivity index (χ0) is 16.8. The number of carbonyl (C=O) groups is 1. The number of hydrogen-bond donors (Lipinski definition) is 1. The predicted molar refractivity (Wildman–Crippen MR) is 84.1 cm³/mol. The molecule has 24 heavy (non-hydrogen) atoms. The monoisotopic (exact) mass is 333 g/mol. The maximum atomic E-state index is 13.0. The molecule has 9 heteroatoms. The molecule has 128 valence electrons. The maximum Gasteiger partial charge on any atom is 0.332 e. The number of esters is 1. The van der Waals surface area contributed by atoms with Crippen LogP contribution in [0.2, 0.25) is 0 Å². The summed E-state index contributed by atoms with van der Waals surface area (Å²) in [5, 5.41) is 0. The van der Waals surface area contributed by atoms with Crippen LogP contribution >= 0.6 is 0 Å². The average molecular weight is 333 g/mol. The van der Waals surface area contributed by atoms with Crippen LogP contribution in [-0.4, -0.2) is 37.8 Å². The van der Waals surface area contributed by atoms with Crippen LogP contribution in [0.15, 0.2) is 11.0 Å². The minimum absolute atomic E-state index is 0.0851. The van der Waals surface area contributed by atoms with Crippen LogP contribution in [0.25, 0.3) is 11.2 Å². The van der Waals surface area contributed by atoms with Crippen molar-refractivity contribution < 1.29 is 14.3 Å². The molecule has 3 heterocycles. The molecule has 2 unspecified atom stereocenters. The third kappa shape index (κ3) is 2.54. The number of nitrogens with two attached hydrogens (primary N) is 1. The fraction of sp³-hybridized carbons (Fsp3) is 0.600. The summed E-state index contributed by atoms with van der Waals surface area (Å²) in [6.07, 6.45) is 3.12. The number of imidazole rings is 1. The molecule has 2 fully saturated rings. The normalized spacial score (nSPS) is 23.7. The molecule has 1 aliphatic heterocycles. The second kappa shape index (κ2) is 5.59. The van der Waals surface area contributed by atoms with Crippen molar-refractivity contribution in [2.75, 3.05) is 12.3 Å². The summed E-state index contributed by atoms with van der Waals surface area (Å²) in [5.41, 5.74) is 6.51. The van der Waals surface area contributed by atoms with E-state index in [2.05, 4.69) is 9.97 Å². The highest BCUT2D eigenvalue weighted by atomic mass is 16.6. The Morgan fingerprint density at radius 1 is 1.46 bits per heavy atom. The Labute approximate surface area is 137 Å². The highest BCUT2D eigenvalue weighted by Gasteiger charge is 2.36. The zero-order valence-electron chi connectivity index (χ0n) is 13.3. The molecule has 2 aliphatic rings. The predicted octanol–water partition coefficient (Wildman–Crippen LogP) is 0.436. The van der Waals surface area contributed by atoms with Crippen molar-refractivity contribution in [3.8, 4) is 0 Å². The Morgan fingerprint density at radius 2 is 2.25 bits per heavy atom. The zero-order valence-corrected chi connectivity index (χ0v) is 13.3. The minimum atomic E-state index is -0.696. The molecule has 1 saturated carbocycles.